The standard InChI is InChI=1S/C19H24ClNO5/c20-14-9-13(3-4-17(14)24-11-12-1-2-12)18(23)21-15-10-19(6-5-16(15)22)25-7-8-26-19/h3-4,9,12,15-16,22H,1-2,5-8,10-11H2,(H,21,23). The van der Waals surface area contributed by atoms with Gasteiger partial charge >= 0.3 is 0 Å². The van der Waals surface area contributed by atoms with E-state index in [1.54, 1.807) is 18.2 Å². The van der Waals surface area contributed by atoms with Gasteiger partial charge in [-0.25, -0.2) is 0 Å². The third-order valence-corrected chi connectivity index (χ3v) is 5.61. The van der Waals surface area contributed by atoms with Crippen molar-refractivity contribution in [2.45, 2.75) is 50.0 Å². The number of amides is 1. The number of hydrogen-bond acceptors (Lipinski definition) is 5. The van der Waals surface area contributed by atoms with Crippen LogP contribution in [0.4, 0.5) is 0 Å². The van der Waals surface area contributed by atoms with E-state index in [-0.39, 0.29) is 5.91 Å². The van der Waals surface area contributed by atoms with Gasteiger partial charge in [0, 0.05) is 18.4 Å². The van der Waals surface area contributed by atoms with Crippen LogP contribution in [0.1, 0.15) is 42.5 Å². The quantitative estimate of drug-likeness (QED) is 0.819. The molecule has 2 aliphatic carbocycles. The molecular weight excluding hydrogens is 358 g/mol. The van der Waals surface area contributed by atoms with Crippen molar-refractivity contribution >= 4 is 17.5 Å². The summed E-state index contributed by atoms with van der Waals surface area (Å²) in [6.45, 7) is 1.77. The molecule has 1 aliphatic heterocycles. The third kappa shape index (κ3) is 3.98. The molecule has 0 aromatic heterocycles. The second-order valence-corrected chi connectivity index (χ2v) is 7.80. The number of benzene rings is 1. The van der Waals surface area contributed by atoms with Crippen LogP contribution in [0.2, 0.25) is 5.02 Å². The van der Waals surface area contributed by atoms with Crippen molar-refractivity contribution < 1.29 is 24.1 Å². The average Bonchev–Trinajstić information content (AvgIpc) is 3.35. The summed E-state index contributed by atoms with van der Waals surface area (Å²) in [6.07, 6.45) is 3.40. The number of carbonyl (C=O) groups excluding carboxylic acids is 1. The molecule has 3 fully saturated rings. The summed E-state index contributed by atoms with van der Waals surface area (Å²) in [5, 5.41) is 13.6. The molecule has 4 rings (SSSR count). The van der Waals surface area contributed by atoms with Crippen LogP contribution in [-0.4, -0.2) is 48.8 Å². The number of aliphatic hydroxyl groups excluding tert-OH is 1. The highest BCUT2D eigenvalue weighted by Crippen LogP contribution is 2.36. The highest BCUT2D eigenvalue weighted by Gasteiger charge is 2.45. The highest BCUT2D eigenvalue weighted by molar-refractivity contribution is 6.32. The molecule has 2 saturated carbocycles. The lowest BCUT2D eigenvalue weighted by molar-refractivity contribution is -0.193. The number of aliphatic hydroxyl groups is 1. The van der Waals surface area contributed by atoms with E-state index in [4.69, 9.17) is 25.8 Å². The normalized spacial score (nSPS) is 27.5. The van der Waals surface area contributed by atoms with E-state index in [1.807, 2.05) is 0 Å². The zero-order chi connectivity index (χ0) is 18.1. The Labute approximate surface area is 157 Å². The number of ether oxygens (including phenoxy) is 3. The van der Waals surface area contributed by atoms with Crippen LogP contribution in [0.25, 0.3) is 0 Å². The van der Waals surface area contributed by atoms with E-state index in [2.05, 4.69) is 5.32 Å². The maximum Gasteiger partial charge on any atom is 0.251 e. The minimum absolute atomic E-state index is 0.278. The average molecular weight is 382 g/mol. The summed E-state index contributed by atoms with van der Waals surface area (Å²) < 4.78 is 17.1. The Hall–Kier alpha value is -1.34. The molecule has 0 radical (unpaired) electrons. The maximum absolute atomic E-state index is 12.6. The van der Waals surface area contributed by atoms with E-state index in [1.165, 1.54) is 12.8 Å². The molecule has 142 valence electrons. The van der Waals surface area contributed by atoms with Crippen molar-refractivity contribution in [3.05, 3.63) is 28.8 Å². The van der Waals surface area contributed by atoms with Crippen molar-refractivity contribution in [2.75, 3.05) is 19.8 Å². The fourth-order valence-electron chi connectivity index (χ4n) is 3.55. The maximum atomic E-state index is 12.6. The van der Waals surface area contributed by atoms with Crippen LogP contribution in [0.3, 0.4) is 0 Å². The molecule has 3 aliphatic rings. The van der Waals surface area contributed by atoms with Gasteiger partial charge in [0.25, 0.3) is 5.91 Å². The predicted octanol–water partition coefficient (Wildman–Crippen LogP) is 2.52. The lowest BCUT2D eigenvalue weighted by atomic mass is 9.87. The fourth-order valence-corrected chi connectivity index (χ4v) is 3.79. The zero-order valence-corrected chi connectivity index (χ0v) is 15.3. The first kappa shape index (κ1) is 18.0. The summed E-state index contributed by atoms with van der Waals surface area (Å²) in [6, 6.07) is 4.60. The molecule has 1 aromatic carbocycles. The number of hydrogen-bond donors (Lipinski definition) is 2. The molecule has 26 heavy (non-hydrogen) atoms. The summed E-state index contributed by atoms with van der Waals surface area (Å²) in [4.78, 5) is 12.6. The molecule has 2 atom stereocenters. The van der Waals surface area contributed by atoms with Crippen molar-refractivity contribution in [2.24, 2.45) is 5.92 Å². The Balaban J connectivity index is 1.39. The largest absolute Gasteiger partial charge is 0.492 e. The predicted molar refractivity (Wildman–Crippen MR) is 95.4 cm³/mol. The Bertz CT molecular complexity index is 672. The van der Waals surface area contributed by atoms with Crippen molar-refractivity contribution in [3.8, 4) is 5.75 Å². The molecule has 1 heterocycles. The second-order valence-electron chi connectivity index (χ2n) is 7.40. The summed E-state index contributed by atoms with van der Waals surface area (Å²) in [7, 11) is 0. The van der Waals surface area contributed by atoms with Crippen LogP contribution in [0, 0.1) is 5.92 Å². The molecule has 1 amide bonds. The molecule has 1 saturated heterocycles. The summed E-state index contributed by atoms with van der Waals surface area (Å²) in [5.74, 6) is 0.281. The monoisotopic (exact) mass is 381 g/mol. The summed E-state index contributed by atoms with van der Waals surface area (Å²) in [5.41, 5.74) is 0.439. The molecule has 6 nitrogen and oxygen atoms in total. The number of halogens is 1. The Morgan fingerprint density at radius 1 is 1.31 bits per heavy atom. The summed E-state index contributed by atoms with van der Waals surface area (Å²) >= 11 is 6.25. The van der Waals surface area contributed by atoms with Gasteiger partial charge in [0.1, 0.15) is 5.75 Å². The molecule has 0 bridgehead atoms. The van der Waals surface area contributed by atoms with Crippen LogP contribution < -0.4 is 10.1 Å². The molecule has 2 unspecified atom stereocenters. The smallest absolute Gasteiger partial charge is 0.251 e. The number of nitrogens with one attached hydrogen (secondary N) is 1. The first-order valence-corrected chi connectivity index (χ1v) is 9.62. The molecule has 1 aromatic rings. The lowest BCUT2D eigenvalue weighted by Gasteiger charge is -2.39. The van der Waals surface area contributed by atoms with Gasteiger partial charge in [0.05, 0.1) is 37.0 Å². The molecular formula is C19H24ClNO5. The van der Waals surface area contributed by atoms with Gasteiger partial charge in [-0.15, -0.1) is 0 Å². The van der Waals surface area contributed by atoms with Crippen LogP contribution in [0.5, 0.6) is 5.75 Å². The van der Waals surface area contributed by atoms with Gasteiger partial charge < -0.3 is 24.6 Å². The SMILES string of the molecule is O=C(NC1CC2(CCC1O)OCCO2)c1ccc(OCC2CC2)c(Cl)c1. The van der Waals surface area contributed by atoms with E-state index in [0.29, 0.717) is 61.3 Å². The van der Waals surface area contributed by atoms with E-state index >= 15 is 0 Å². The minimum Gasteiger partial charge on any atom is -0.492 e. The van der Waals surface area contributed by atoms with E-state index in [9.17, 15) is 9.90 Å². The van der Waals surface area contributed by atoms with Gasteiger partial charge in [-0.3, -0.25) is 4.79 Å². The lowest BCUT2D eigenvalue weighted by Crippen LogP contribution is -2.53. The Kier molecular flexibility index (Phi) is 5.10. The van der Waals surface area contributed by atoms with Crippen LogP contribution in [-0.2, 0) is 9.47 Å². The highest BCUT2D eigenvalue weighted by atomic mass is 35.5. The van der Waals surface area contributed by atoms with Crippen molar-refractivity contribution in [3.63, 3.8) is 0 Å². The molecule has 1 spiro atoms. The van der Waals surface area contributed by atoms with Gasteiger partial charge in [0.2, 0.25) is 0 Å². The topological polar surface area (TPSA) is 77.0 Å². The van der Waals surface area contributed by atoms with Gasteiger partial charge in [-0.1, -0.05) is 11.6 Å². The number of rotatable bonds is 5. The van der Waals surface area contributed by atoms with Crippen molar-refractivity contribution in [1.29, 1.82) is 0 Å². The van der Waals surface area contributed by atoms with Crippen molar-refractivity contribution in [1.82, 2.24) is 5.32 Å². The molecule has 7 heteroatoms. The minimum atomic E-state index is -0.671. The Morgan fingerprint density at radius 2 is 2.08 bits per heavy atom. The first-order chi connectivity index (χ1) is 12.5. The zero-order valence-electron chi connectivity index (χ0n) is 14.6. The Morgan fingerprint density at radius 3 is 2.77 bits per heavy atom. The van der Waals surface area contributed by atoms with Crippen LogP contribution in [0.15, 0.2) is 18.2 Å². The van der Waals surface area contributed by atoms with Gasteiger partial charge in [-0.2, -0.15) is 0 Å². The third-order valence-electron chi connectivity index (χ3n) is 5.31. The van der Waals surface area contributed by atoms with Gasteiger partial charge in [-0.05, 0) is 43.4 Å². The molecule has 2 N–H and O–H groups in total. The number of carbonyl (C=O) groups is 1. The van der Waals surface area contributed by atoms with E-state index < -0.39 is 17.9 Å². The fraction of sp³-hybridized carbons (Fsp3) is 0.632. The second kappa shape index (κ2) is 7.35. The van der Waals surface area contributed by atoms with Gasteiger partial charge in [0.15, 0.2) is 5.79 Å². The van der Waals surface area contributed by atoms with Crippen LogP contribution >= 0.6 is 11.6 Å². The van der Waals surface area contributed by atoms with E-state index in [0.717, 1.165) is 0 Å². The first-order valence-electron chi connectivity index (χ1n) is 9.24.